The van der Waals surface area contributed by atoms with Crippen LogP contribution in [0.4, 0.5) is 4.39 Å². The van der Waals surface area contributed by atoms with Crippen LogP contribution in [0.3, 0.4) is 0 Å². The first-order valence-electron chi connectivity index (χ1n) is 11.2. The standard InChI is InChI=1S/C27H27ClFN3O4/c1-17(2)25(31-26(33)20-9-5-7-11-22(20)29)27(34)32-30-15-18-12-13-23(24(14-18)35-3)36-16-19-8-4-6-10-21(19)28/h4-15,17,25H,16H2,1-3H3,(H,31,33)(H,32,34)/b30-15+. The maximum atomic E-state index is 13.9. The zero-order valence-corrected chi connectivity index (χ0v) is 20.9. The number of carbonyl (C=O) groups excluding carboxylic acids is 2. The second-order valence-electron chi connectivity index (χ2n) is 8.20. The first-order chi connectivity index (χ1) is 17.3. The van der Waals surface area contributed by atoms with Crippen LogP contribution >= 0.6 is 11.6 Å². The molecule has 0 saturated heterocycles. The Balaban J connectivity index is 1.62. The van der Waals surface area contributed by atoms with E-state index in [1.807, 2.05) is 18.2 Å². The predicted molar refractivity (Wildman–Crippen MR) is 137 cm³/mol. The maximum Gasteiger partial charge on any atom is 0.262 e. The third-order valence-electron chi connectivity index (χ3n) is 5.27. The second-order valence-corrected chi connectivity index (χ2v) is 8.61. The van der Waals surface area contributed by atoms with E-state index >= 15 is 0 Å². The summed E-state index contributed by atoms with van der Waals surface area (Å²) in [6, 6.07) is 17.2. The Bertz CT molecular complexity index is 1250. The summed E-state index contributed by atoms with van der Waals surface area (Å²) in [4.78, 5) is 25.1. The lowest BCUT2D eigenvalue weighted by Gasteiger charge is -2.20. The fourth-order valence-electron chi connectivity index (χ4n) is 3.29. The number of carbonyl (C=O) groups is 2. The minimum Gasteiger partial charge on any atom is -0.493 e. The topological polar surface area (TPSA) is 89.0 Å². The molecule has 0 aromatic heterocycles. The predicted octanol–water partition coefficient (Wildman–Crippen LogP) is 4.97. The number of nitrogens with one attached hydrogen (secondary N) is 2. The molecule has 0 aliphatic heterocycles. The van der Waals surface area contributed by atoms with E-state index in [2.05, 4.69) is 15.8 Å². The van der Waals surface area contributed by atoms with E-state index in [9.17, 15) is 14.0 Å². The van der Waals surface area contributed by atoms with E-state index in [-0.39, 0.29) is 18.1 Å². The van der Waals surface area contributed by atoms with Crippen molar-refractivity contribution in [3.63, 3.8) is 0 Å². The zero-order chi connectivity index (χ0) is 26.1. The van der Waals surface area contributed by atoms with Crippen molar-refractivity contribution in [1.82, 2.24) is 10.7 Å². The van der Waals surface area contributed by atoms with Gasteiger partial charge in [0.2, 0.25) is 0 Å². The number of halogens is 2. The van der Waals surface area contributed by atoms with Gasteiger partial charge in [-0.05, 0) is 47.9 Å². The highest BCUT2D eigenvalue weighted by Gasteiger charge is 2.25. The van der Waals surface area contributed by atoms with Crippen LogP contribution in [0.25, 0.3) is 0 Å². The van der Waals surface area contributed by atoms with E-state index in [1.54, 1.807) is 44.2 Å². The van der Waals surface area contributed by atoms with E-state index in [0.717, 1.165) is 5.56 Å². The number of nitrogens with zero attached hydrogens (tertiary/aromatic N) is 1. The van der Waals surface area contributed by atoms with Gasteiger partial charge in [0.05, 0.1) is 18.9 Å². The lowest BCUT2D eigenvalue weighted by atomic mass is 10.0. The summed E-state index contributed by atoms with van der Waals surface area (Å²) in [6.45, 7) is 3.80. The third-order valence-corrected chi connectivity index (χ3v) is 5.64. The summed E-state index contributed by atoms with van der Waals surface area (Å²) in [7, 11) is 1.52. The largest absolute Gasteiger partial charge is 0.493 e. The van der Waals surface area contributed by atoms with Gasteiger partial charge in [0.15, 0.2) is 11.5 Å². The van der Waals surface area contributed by atoms with Gasteiger partial charge in [0.25, 0.3) is 11.8 Å². The third kappa shape index (κ3) is 7.05. The molecule has 3 aromatic rings. The number of hydrogen-bond acceptors (Lipinski definition) is 5. The normalized spacial score (nSPS) is 11.8. The second kappa shape index (κ2) is 12.7. The molecule has 7 nitrogen and oxygen atoms in total. The highest BCUT2D eigenvalue weighted by atomic mass is 35.5. The number of amides is 2. The molecule has 3 rings (SSSR count). The van der Waals surface area contributed by atoms with E-state index in [4.69, 9.17) is 21.1 Å². The molecular formula is C27H27ClFN3O4. The molecule has 1 atom stereocenters. The summed E-state index contributed by atoms with van der Waals surface area (Å²) in [5.41, 5.74) is 3.78. The molecule has 0 radical (unpaired) electrons. The van der Waals surface area contributed by atoms with Crippen LogP contribution in [0.15, 0.2) is 71.8 Å². The average Bonchev–Trinajstić information content (AvgIpc) is 2.87. The van der Waals surface area contributed by atoms with Crippen molar-refractivity contribution in [2.75, 3.05) is 7.11 Å². The highest BCUT2D eigenvalue weighted by Crippen LogP contribution is 2.29. The molecule has 3 aromatic carbocycles. The van der Waals surface area contributed by atoms with E-state index in [0.29, 0.717) is 22.1 Å². The lowest BCUT2D eigenvalue weighted by molar-refractivity contribution is -0.123. The Hall–Kier alpha value is -3.91. The number of rotatable bonds is 10. The Labute approximate surface area is 214 Å². The van der Waals surface area contributed by atoms with Crippen molar-refractivity contribution in [3.05, 3.63) is 94.3 Å². The minimum atomic E-state index is -0.913. The molecule has 0 spiro atoms. The minimum absolute atomic E-state index is 0.136. The van der Waals surface area contributed by atoms with Gasteiger partial charge in [-0.1, -0.05) is 55.8 Å². The quantitative estimate of drug-likeness (QED) is 0.297. The molecule has 9 heteroatoms. The number of benzene rings is 3. The molecule has 0 aliphatic rings. The van der Waals surface area contributed by atoms with Crippen molar-refractivity contribution < 1.29 is 23.5 Å². The number of hydrogen-bond donors (Lipinski definition) is 2. The Morgan fingerprint density at radius 2 is 1.78 bits per heavy atom. The first kappa shape index (κ1) is 26.7. The van der Waals surface area contributed by atoms with Crippen molar-refractivity contribution in [2.24, 2.45) is 11.0 Å². The SMILES string of the molecule is COc1cc(/C=N/NC(=O)C(NC(=O)c2ccccc2F)C(C)C)ccc1OCc1ccccc1Cl. The Kier molecular flexibility index (Phi) is 9.41. The van der Waals surface area contributed by atoms with Crippen LogP contribution in [0.1, 0.15) is 35.3 Å². The van der Waals surface area contributed by atoms with Gasteiger partial charge in [0.1, 0.15) is 18.5 Å². The Morgan fingerprint density at radius 1 is 1.06 bits per heavy atom. The number of methoxy groups -OCH3 is 1. The van der Waals surface area contributed by atoms with Crippen LogP contribution in [0, 0.1) is 11.7 Å². The summed E-state index contributed by atoms with van der Waals surface area (Å²) in [5, 5.41) is 7.17. The molecule has 0 saturated carbocycles. The summed E-state index contributed by atoms with van der Waals surface area (Å²) >= 11 is 6.18. The van der Waals surface area contributed by atoms with Crippen LogP contribution in [0.5, 0.6) is 11.5 Å². The van der Waals surface area contributed by atoms with Crippen LogP contribution in [-0.2, 0) is 11.4 Å². The molecule has 0 aliphatic carbocycles. The van der Waals surface area contributed by atoms with Gasteiger partial charge >= 0.3 is 0 Å². The van der Waals surface area contributed by atoms with Gasteiger partial charge in [0, 0.05) is 10.6 Å². The van der Waals surface area contributed by atoms with Crippen molar-refractivity contribution in [2.45, 2.75) is 26.5 Å². The average molecular weight is 512 g/mol. The number of ether oxygens (including phenoxy) is 2. The lowest BCUT2D eigenvalue weighted by Crippen LogP contribution is -2.48. The summed E-state index contributed by atoms with van der Waals surface area (Å²) in [5.74, 6) is -1.13. The van der Waals surface area contributed by atoms with Crippen molar-refractivity contribution in [3.8, 4) is 11.5 Å². The molecule has 36 heavy (non-hydrogen) atoms. The van der Waals surface area contributed by atoms with Gasteiger partial charge in [-0.2, -0.15) is 5.10 Å². The zero-order valence-electron chi connectivity index (χ0n) is 20.1. The monoisotopic (exact) mass is 511 g/mol. The molecule has 2 amide bonds. The first-order valence-corrected chi connectivity index (χ1v) is 11.6. The fraction of sp³-hybridized carbons (Fsp3) is 0.222. The van der Waals surface area contributed by atoms with E-state index < -0.39 is 23.7 Å². The van der Waals surface area contributed by atoms with Gasteiger partial charge in [-0.25, -0.2) is 9.82 Å². The van der Waals surface area contributed by atoms with Crippen LogP contribution in [0.2, 0.25) is 5.02 Å². The molecule has 0 heterocycles. The van der Waals surface area contributed by atoms with E-state index in [1.165, 1.54) is 31.5 Å². The number of hydrazone groups is 1. The van der Waals surface area contributed by atoms with Crippen LogP contribution < -0.4 is 20.2 Å². The highest BCUT2D eigenvalue weighted by molar-refractivity contribution is 6.31. The van der Waals surface area contributed by atoms with Gasteiger partial charge < -0.3 is 14.8 Å². The molecule has 2 N–H and O–H groups in total. The molecular weight excluding hydrogens is 485 g/mol. The van der Waals surface area contributed by atoms with Gasteiger partial charge in [-0.3, -0.25) is 9.59 Å². The van der Waals surface area contributed by atoms with Gasteiger partial charge in [-0.15, -0.1) is 0 Å². The smallest absolute Gasteiger partial charge is 0.262 e. The Morgan fingerprint density at radius 3 is 2.47 bits per heavy atom. The van der Waals surface area contributed by atoms with Crippen molar-refractivity contribution >= 4 is 29.6 Å². The molecule has 188 valence electrons. The van der Waals surface area contributed by atoms with Crippen molar-refractivity contribution in [1.29, 1.82) is 0 Å². The maximum absolute atomic E-state index is 13.9. The molecule has 0 bridgehead atoms. The molecule has 0 fully saturated rings. The molecule has 1 unspecified atom stereocenters. The fourth-order valence-corrected chi connectivity index (χ4v) is 3.48. The summed E-state index contributed by atoms with van der Waals surface area (Å²) in [6.07, 6.45) is 1.44. The summed E-state index contributed by atoms with van der Waals surface area (Å²) < 4.78 is 25.2. The van der Waals surface area contributed by atoms with Crippen LogP contribution in [-0.4, -0.2) is 31.2 Å².